The number of para-hydroxylation sites is 1. The SMILES string of the molecule is CCOC(=O)C(CC)C(=O)Oc1ccccc1CCBr. The molecule has 1 aromatic carbocycles. The second kappa shape index (κ2) is 8.74. The molecule has 0 fully saturated rings. The molecule has 1 atom stereocenters. The summed E-state index contributed by atoms with van der Waals surface area (Å²) in [6.45, 7) is 3.72. The van der Waals surface area contributed by atoms with E-state index in [1.54, 1.807) is 26.0 Å². The maximum absolute atomic E-state index is 12.1. The summed E-state index contributed by atoms with van der Waals surface area (Å²) in [5.41, 5.74) is 0.927. The molecule has 0 aromatic heterocycles. The summed E-state index contributed by atoms with van der Waals surface area (Å²) in [6, 6.07) is 7.31. The van der Waals surface area contributed by atoms with E-state index in [1.807, 2.05) is 12.1 Å². The zero-order chi connectivity index (χ0) is 15.0. The molecule has 0 radical (unpaired) electrons. The molecule has 0 N–H and O–H groups in total. The molecule has 0 aliphatic heterocycles. The predicted octanol–water partition coefficient (Wildman–Crippen LogP) is 3.12. The molecular formula is C15H19BrO4. The number of esters is 2. The van der Waals surface area contributed by atoms with Gasteiger partial charge in [-0.15, -0.1) is 0 Å². The molecule has 0 saturated heterocycles. The molecule has 20 heavy (non-hydrogen) atoms. The largest absolute Gasteiger partial charge is 0.465 e. The quantitative estimate of drug-likeness (QED) is 0.330. The Balaban J connectivity index is 2.81. The molecular weight excluding hydrogens is 324 g/mol. The van der Waals surface area contributed by atoms with E-state index in [0.29, 0.717) is 12.2 Å². The summed E-state index contributed by atoms with van der Waals surface area (Å²) in [7, 11) is 0. The van der Waals surface area contributed by atoms with Crippen molar-refractivity contribution in [3.8, 4) is 5.75 Å². The highest BCUT2D eigenvalue weighted by molar-refractivity contribution is 9.09. The molecule has 1 unspecified atom stereocenters. The zero-order valence-electron chi connectivity index (χ0n) is 11.7. The number of rotatable bonds is 7. The van der Waals surface area contributed by atoms with Crippen LogP contribution in [0.15, 0.2) is 24.3 Å². The van der Waals surface area contributed by atoms with Crippen LogP contribution in [-0.2, 0) is 20.7 Å². The first-order valence-corrected chi connectivity index (χ1v) is 7.78. The van der Waals surface area contributed by atoms with Crippen LogP contribution in [0, 0.1) is 5.92 Å². The van der Waals surface area contributed by atoms with Gasteiger partial charge >= 0.3 is 11.9 Å². The van der Waals surface area contributed by atoms with E-state index in [-0.39, 0.29) is 6.61 Å². The van der Waals surface area contributed by atoms with Crippen LogP contribution in [0.3, 0.4) is 0 Å². The molecule has 1 rings (SSSR count). The fourth-order valence-electron chi connectivity index (χ4n) is 1.76. The van der Waals surface area contributed by atoms with Gasteiger partial charge < -0.3 is 9.47 Å². The minimum absolute atomic E-state index is 0.253. The summed E-state index contributed by atoms with van der Waals surface area (Å²) in [6.07, 6.45) is 1.11. The summed E-state index contributed by atoms with van der Waals surface area (Å²) in [5.74, 6) is -1.46. The number of carbonyl (C=O) groups excluding carboxylic acids is 2. The minimum atomic E-state index is -0.869. The Bertz CT molecular complexity index is 459. The zero-order valence-corrected chi connectivity index (χ0v) is 13.3. The van der Waals surface area contributed by atoms with Crippen LogP contribution in [0.4, 0.5) is 0 Å². The van der Waals surface area contributed by atoms with E-state index < -0.39 is 17.9 Å². The van der Waals surface area contributed by atoms with E-state index in [9.17, 15) is 9.59 Å². The molecule has 5 heteroatoms. The first-order valence-electron chi connectivity index (χ1n) is 6.66. The number of carbonyl (C=O) groups is 2. The van der Waals surface area contributed by atoms with Gasteiger partial charge in [0.25, 0.3) is 0 Å². The van der Waals surface area contributed by atoms with Gasteiger partial charge in [0.2, 0.25) is 0 Å². The summed E-state index contributed by atoms with van der Waals surface area (Å²) >= 11 is 3.36. The Kier molecular flexibility index (Phi) is 7.30. The van der Waals surface area contributed by atoms with Crippen LogP contribution in [0.1, 0.15) is 25.8 Å². The van der Waals surface area contributed by atoms with Crippen LogP contribution >= 0.6 is 15.9 Å². The van der Waals surface area contributed by atoms with Gasteiger partial charge in [0.05, 0.1) is 6.61 Å². The van der Waals surface area contributed by atoms with E-state index in [0.717, 1.165) is 17.3 Å². The maximum Gasteiger partial charge on any atom is 0.325 e. The van der Waals surface area contributed by atoms with Crippen LogP contribution < -0.4 is 4.74 Å². The Morgan fingerprint density at radius 2 is 1.90 bits per heavy atom. The highest BCUT2D eigenvalue weighted by Gasteiger charge is 2.28. The number of aryl methyl sites for hydroxylation is 1. The van der Waals surface area contributed by atoms with Crippen molar-refractivity contribution in [3.63, 3.8) is 0 Å². The first kappa shape index (κ1) is 16.7. The third kappa shape index (κ3) is 4.63. The standard InChI is InChI=1S/C15H19BrO4/c1-3-12(14(17)19-4-2)15(18)20-13-8-6-5-7-11(13)9-10-16/h5-8,12H,3-4,9-10H2,1-2H3. The monoisotopic (exact) mass is 342 g/mol. The highest BCUT2D eigenvalue weighted by atomic mass is 79.9. The van der Waals surface area contributed by atoms with E-state index in [1.165, 1.54) is 0 Å². The lowest BCUT2D eigenvalue weighted by Gasteiger charge is -2.14. The van der Waals surface area contributed by atoms with E-state index in [2.05, 4.69) is 15.9 Å². The van der Waals surface area contributed by atoms with Crippen molar-refractivity contribution in [2.24, 2.45) is 5.92 Å². The summed E-state index contributed by atoms with van der Waals surface area (Å²) < 4.78 is 10.2. The molecule has 1 aromatic rings. The van der Waals surface area contributed by atoms with Gasteiger partial charge in [-0.3, -0.25) is 9.59 Å². The lowest BCUT2D eigenvalue weighted by molar-refractivity contribution is -0.157. The number of halogens is 1. The molecule has 0 amide bonds. The van der Waals surface area contributed by atoms with Crippen molar-refractivity contribution in [3.05, 3.63) is 29.8 Å². The van der Waals surface area contributed by atoms with Crippen molar-refractivity contribution in [2.45, 2.75) is 26.7 Å². The van der Waals surface area contributed by atoms with E-state index >= 15 is 0 Å². The molecule has 0 heterocycles. The Morgan fingerprint density at radius 3 is 2.50 bits per heavy atom. The molecule has 4 nitrogen and oxygen atoms in total. The number of benzene rings is 1. The van der Waals surface area contributed by atoms with Gasteiger partial charge in [0.15, 0.2) is 5.92 Å². The van der Waals surface area contributed by atoms with Crippen LogP contribution in [0.2, 0.25) is 0 Å². The molecule has 0 aliphatic rings. The average Bonchev–Trinajstić information content (AvgIpc) is 2.42. The van der Waals surface area contributed by atoms with Gasteiger partial charge in [0, 0.05) is 5.33 Å². The normalized spacial score (nSPS) is 11.8. The van der Waals surface area contributed by atoms with Crippen molar-refractivity contribution in [1.82, 2.24) is 0 Å². The topological polar surface area (TPSA) is 52.6 Å². The van der Waals surface area contributed by atoms with Crippen molar-refractivity contribution in [1.29, 1.82) is 0 Å². The fourth-order valence-corrected chi connectivity index (χ4v) is 2.19. The van der Waals surface area contributed by atoms with E-state index in [4.69, 9.17) is 9.47 Å². The van der Waals surface area contributed by atoms with Crippen molar-refractivity contribution in [2.75, 3.05) is 11.9 Å². The number of hydrogen-bond donors (Lipinski definition) is 0. The molecule has 0 bridgehead atoms. The highest BCUT2D eigenvalue weighted by Crippen LogP contribution is 2.21. The first-order chi connectivity index (χ1) is 9.63. The van der Waals surface area contributed by atoms with Gasteiger partial charge in [-0.25, -0.2) is 0 Å². The molecule has 0 spiro atoms. The Hall–Kier alpha value is -1.36. The maximum atomic E-state index is 12.1. The summed E-state index contributed by atoms with van der Waals surface area (Å²) in [4.78, 5) is 23.8. The number of hydrogen-bond acceptors (Lipinski definition) is 4. The van der Waals surface area contributed by atoms with Crippen molar-refractivity contribution < 1.29 is 19.1 Å². The number of ether oxygens (including phenoxy) is 2. The van der Waals surface area contributed by atoms with Gasteiger partial charge in [-0.1, -0.05) is 41.1 Å². The van der Waals surface area contributed by atoms with Crippen LogP contribution in [0.5, 0.6) is 5.75 Å². The fraction of sp³-hybridized carbons (Fsp3) is 0.467. The van der Waals surface area contributed by atoms with Crippen molar-refractivity contribution >= 4 is 27.9 Å². The average molecular weight is 343 g/mol. The predicted molar refractivity (Wildman–Crippen MR) is 80.0 cm³/mol. The molecule has 0 saturated carbocycles. The summed E-state index contributed by atoms with van der Waals surface area (Å²) in [5, 5.41) is 0.774. The van der Waals surface area contributed by atoms with Gasteiger partial charge in [0.1, 0.15) is 5.75 Å². The van der Waals surface area contributed by atoms with Crippen LogP contribution in [-0.4, -0.2) is 23.9 Å². The molecule has 0 aliphatic carbocycles. The lowest BCUT2D eigenvalue weighted by Crippen LogP contribution is -2.29. The second-order valence-corrected chi connectivity index (χ2v) is 4.97. The number of alkyl halides is 1. The Labute approximate surface area is 127 Å². The lowest BCUT2D eigenvalue weighted by atomic mass is 10.1. The third-order valence-corrected chi connectivity index (χ3v) is 3.21. The Morgan fingerprint density at radius 1 is 1.20 bits per heavy atom. The second-order valence-electron chi connectivity index (χ2n) is 4.18. The smallest absolute Gasteiger partial charge is 0.325 e. The molecule has 110 valence electrons. The van der Waals surface area contributed by atoms with Gasteiger partial charge in [-0.2, -0.15) is 0 Å². The third-order valence-electron chi connectivity index (χ3n) is 2.81. The van der Waals surface area contributed by atoms with Crippen LogP contribution in [0.25, 0.3) is 0 Å². The van der Waals surface area contributed by atoms with Gasteiger partial charge in [-0.05, 0) is 31.4 Å². The minimum Gasteiger partial charge on any atom is -0.465 e.